The van der Waals surface area contributed by atoms with Crippen molar-refractivity contribution in [2.24, 2.45) is 5.92 Å². The van der Waals surface area contributed by atoms with Crippen LogP contribution in [0.1, 0.15) is 12.8 Å². The van der Waals surface area contributed by atoms with Crippen LogP contribution in [0.2, 0.25) is 0 Å². The molecule has 20 heavy (non-hydrogen) atoms. The predicted molar refractivity (Wildman–Crippen MR) is 74.2 cm³/mol. The molecule has 1 amide bonds. The number of nitrogens with zero attached hydrogens (tertiary/aromatic N) is 1. The number of hydrogen-bond donors (Lipinski definition) is 1. The van der Waals surface area contributed by atoms with E-state index in [1.165, 1.54) is 22.5 Å². The molecule has 1 aliphatic heterocycles. The number of halogens is 1. The van der Waals surface area contributed by atoms with Gasteiger partial charge in [-0.1, -0.05) is 6.07 Å². The van der Waals surface area contributed by atoms with Crippen molar-refractivity contribution < 1.29 is 17.6 Å². The van der Waals surface area contributed by atoms with Gasteiger partial charge in [0.15, 0.2) is 0 Å². The third-order valence-corrected chi connectivity index (χ3v) is 4.59. The van der Waals surface area contributed by atoms with Crippen LogP contribution in [0.3, 0.4) is 0 Å². The number of rotatable bonds is 3. The molecule has 0 aromatic heterocycles. The van der Waals surface area contributed by atoms with Crippen LogP contribution in [-0.2, 0) is 14.8 Å². The van der Waals surface area contributed by atoms with Gasteiger partial charge >= 0.3 is 0 Å². The average molecular weight is 300 g/mol. The molecule has 1 saturated heterocycles. The maximum atomic E-state index is 13.0. The Labute approximate surface area is 117 Å². The molecule has 0 saturated carbocycles. The molecule has 1 aliphatic rings. The summed E-state index contributed by atoms with van der Waals surface area (Å²) in [5.41, 5.74) is 0.381. The predicted octanol–water partition coefficient (Wildman–Crippen LogP) is 1.44. The van der Waals surface area contributed by atoms with Crippen molar-refractivity contribution in [1.82, 2.24) is 4.31 Å². The maximum Gasteiger partial charge on any atom is 0.228 e. The van der Waals surface area contributed by atoms with E-state index in [1.54, 1.807) is 6.07 Å². The zero-order chi connectivity index (χ0) is 14.8. The zero-order valence-electron chi connectivity index (χ0n) is 11.2. The lowest BCUT2D eigenvalue weighted by Gasteiger charge is -2.30. The molecule has 1 heterocycles. The number of carbonyl (C=O) groups excluding carboxylic acids is 1. The van der Waals surface area contributed by atoms with E-state index in [2.05, 4.69) is 5.32 Å². The van der Waals surface area contributed by atoms with Crippen LogP contribution >= 0.6 is 0 Å². The maximum absolute atomic E-state index is 13.0. The summed E-state index contributed by atoms with van der Waals surface area (Å²) in [7, 11) is -3.28. The Morgan fingerprint density at radius 1 is 1.45 bits per heavy atom. The summed E-state index contributed by atoms with van der Waals surface area (Å²) in [4.78, 5) is 12.1. The molecule has 7 heteroatoms. The van der Waals surface area contributed by atoms with Gasteiger partial charge in [0.1, 0.15) is 5.82 Å². The fourth-order valence-electron chi connectivity index (χ4n) is 2.27. The minimum atomic E-state index is -3.28. The summed E-state index contributed by atoms with van der Waals surface area (Å²) in [5, 5.41) is 2.62. The van der Waals surface area contributed by atoms with Crippen molar-refractivity contribution in [1.29, 1.82) is 0 Å². The van der Waals surface area contributed by atoms with Gasteiger partial charge in [0.2, 0.25) is 15.9 Å². The molecule has 2 rings (SSSR count). The summed E-state index contributed by atoms with van der Waals surface area (Å²) >= 11 is 0. The Morgan fingerprint density at radius 3 is 2.85 bits per heavy atom. The van der Waals surface area contributed by atoms with Gasteiger partial charge in [-0.25, -0.2) is 17.1 Å². The molecule has 0 aliphatic carbocycles. The van der Waals surface area contributed by atoms with Crippen LogP contribution in [-0.4, -0.2) is 38.0 Å². The largest absolute Gasteiger partial charge is 0.326 e. The Morgan fingerprint density at radius 2 is 2.20 bits per heavy atom. The highest BCUT2D eigenvalue weighted by Crippen LogP contribution is 2.20. The Hall–Kier alpha value is -1.47. The molecule has 1 unspecified atom stereocenters. The molecule has 1 aromatic rings. The number of amides is 1. The first kappa shape index (κ1) is 14.9. The summed E-state index contributed by atoms with van der Waals surface area (Å²) in [5.74, 6) is -1.10. The van der Waals surface area contributed by atoms with Crippen molar-refractivity contribution in [3.05, 3.63) is 30.1 Å². The standard InChI is InChI=1S/C13H17FN2O3S/c1-20(18,19)16-7-3-4-10(9-16)13(17)15-12-6-2-5-11(14)8-12/h2,5-6,8,10H,3-4,7,9H2,1H3,(H,15,17). The van der Waals surface area contributed by atoms with E-state index in [9.17, 15) is 17.6 Å². The molecular formula is C13H17FN2O3S. The number of nitrogens with one attached hydrogen (secondary N) is 1. The highest BCUT2D eigenvalue weighted by Gasteiger charge is 2.30. The second-order valence-corrected chi connectivity index (χ2v) is 6.94. The van der Waals surface area contributed by atoms with E-state index in [-0.39, 0.29) is 12.5 Å². The molecule has 0 bridgehead atoms. The average Bonchev–Trinajstić information content (AvgIpc) is 2.38. The summed E-state index contributed by atoms with van der Waals surface area (Å²) in [6.45, 7) is 0.628. The first-order chi connectivity index (χ1) is 9.36. The molecule has 0 spiro atoms. The highest BCUT2D eigenvalue weighted by molar-refractivity contribution is 7.88. The van der Waals surface area contributed by atoms with Gasteiger partial charge in [-0.05, 0) is 31.0 Å². The van der Waals surface area contributed by atoms with E-state index in [4.69, 9.17) is 0 Å². The smallest absolute Gasteiger partial charge is 0.228 e. The van der Waals surface area contributed by atoms with Crippen LogP contribution in [0.5, 0.6) is 0 Å². The summed E-state index contributed by atoms with van der Waals surface area (Å²) in [6.07, 6.45) is 2.42. The molecule has 1 aromatic carbocycles. The minimum Gasteiger partial charge on any atom is -0.326 e. The van der Waals surface area contributed by atoms with Gasteiger partial charge in [0, 0.05) is 18.8 Å². The van der Waals surface area contributed by atoms with Crippen molar-refractivity contribution in [3.8, 4) is 0 Å². The Balaban J connectivity index is 2.02. The SMILES string of the molecule is CS(=O)(=O)N1CCCC(C(=O)Nc2cccc(F)c2)C1. The summed E-state index contributed by atoms with van der Waals surface area (Å²) < 4.78 is 37.4. The topological polar surface area (TPSA) is 66.5 Å². The van der Waals surface area contributed by atoms with Crippen molar-refractivity contribution in [2.75, 3.05) is 24.7 Å². The van der Waals surface area contributed by atoms with Crippen molar-refractivity contribution in [3.63, 3.8) is 0 Å². The third-order valence-electron chi connectivity index (χ3n) is 3.32. The van der Waals surface area contributed by atoms with Gasteiger partial charge < -0.3 is 5.32 Å². The Bertz CT molecular complexity index is 603. The monoisotopic (exact) mass is 300 g/mol. The molecular weight excluding hydrogens is 283 g/mol. The van der Waals surface area contributed by atoms with Gasteiger partial charge in [-0.15, -0.1) is 0 Å². The third kappa shape index (κ3) is 3.77. The van der Waals surface area contributed by atoms with E-state index in [0.717, 1.165) is 6.26 Å². The van der Waals surface area contributed by atoms with Crippen LogP contribution < -0.4 is 5.32 Å². The quantitative estimate of drug-likeness (QED) is 0.918. The number of benzene rings is 1. The van der Waals surface area contributed by atoms with Gasteiger partial charge in [0.05, 0.1) is 12.2 Å². The minimum absolute atomic E-state index is 0.181. The number of anilines is 1. The van der Waals surface area contributed by atoms with Crippen LogP contribution in [0.25, 0.3) is 0 Å². The number of hydrogen-bond acceptors (Lipinski definition) is 3. The van der Waals surface area contributed by atoms with Crippen molar-refractivity contribution >= 4 is 21.6 Å². The van der Waals surface area contributed by atoms with E-state index >= 15 is 0 Å². The zero-order valence-corrected chi connectivity index (χ0v) is 12.0. The normalized spacial score (nSPS) is 20.6. The molecule has 1 atom stereocenters. The number of piperidine rings is 1. The van der Waals surface area contributed by atoms with Crippen LogP contribution in [0, 0.1) is 11.7 Å². The number of sulfonamides is 1. The first-order valence-electron chi connectivity index (χ1n) is 6.38. The van der Waals surface area contributed by atoms with E-state index in [1.807, 2.05) is 0 Å². The molecule has 1 N–H and O–H groups in total. The first-order valence-corrected chi connectivity index (χ1v) is 8.22. The molecule has 110 valence electrons. The van der Waals surface area contributed by atoms with Gasteiger partial charge in [-0.2, -0.15) is 0 Å². The molecule has 0 radical (unpaired) electrons. The van der Waals surface area contributed by atoms with Crippen LogP contribution in [0.4, 0.5) is 10.1 Å². The van der Waals surface area contributed by atoms with E-state index < -0.39 is 21.8 Å². The van der Waals surface area contributed by atoms with E-state index in [0.29, 0.717) is 25.1 Å². The molecule has 1 fully saturated rings. The highest BCUT2D eigenvalue weighted by atomic mass is 32.2. The lowest BCUT2D eigenvalue weighted by Crippen LogP contribution is -2.43. The summed E-state index contributed by atoms with van der Waals surface area (Å²) in [6, 6.07) is 5.63. The van der Waals surface area contributed by atoms with Gasteiger partial charge in [-0.3, -0.25) is 4.79 Å². The fraction of sp³-hybridized carbons (Fsp3) is 0.462. The lowest BCUT2D eigenvalue weighted by atomic mass is 9.99. The number of carbonyl (C=O) groups is 1. The second kappa shape index (κ2) is 5.88. The Kier molecular flexibility index (Phi) is 4.39. The lowest BCUT2D eigenvalue weighted by molar-refractivity contribution is -0.120. The molecule has 5 nitrogen and oxygen atoms in total. The van der Waals surface area contributed by atoms with Crippen LogP contribution in [0.15, 0.2) is 24.3 Å². The van der Waals surface area contributed by atoms with Crippen molar-refractivity contribution in [2.45, 2.75) is 12.8 Å². The second-order valence-electron chi connectivity index (χ2n) is 4.96. The van der Waals surface area contributed by atoms with Gasteiger partial charge in [0.25, 0.3) is 0 Å². The fourth-order valence-corrected chi connectivity index (χ4v) is 3.18.